The van der Waals surface area contributed by atoms with E-state index in [0.29, 0.717) is 38.3 Å². The Balaban J connectivity index is 1.18. The number of hydrogen-bond donors (Lipinski definition) is 0. The lowest BCUT2D eigenvalue weighted by Gasteiger charge is -2.34. The molecule has 5 rings (SSSR count). The lowest BCUT2D eigenvalue weighted by molar-refractivity contribution is -0.00223. The van der Waals surface area contributed by atoms with Gasteiger partial charge in [0.1, 0.15) is 17.5 Å². The van der Waals surface area contributed by atoms with Crippen LogP contribution in [-0.4, -0.2) is 69.0 Å². The summed E-state index contributed by atoms with van der Waals surface area (Å²) in [4.78, 5) is 20.8. The summed E-state index contributed by atoms with van der Waals surface area (Å²) in [5.74, 6) is 0.891. The van der Waals surface area contributed by atoms with Gasteiger partial charge in [0.2, 0.25) is 0 Å². The van der Waals surface area contributed by atoms with Crippen LogP contribution in [0.5, 0.6) is 5.75 Å². The zero-order valence-corrected chi connectivity index (χ0v) is 18.1. The van der Waals surface area contributed by atoms with Crippen LogP contribution in [0.25, 0.3) is 0 Å². The molecule has 1 saturated heterocycles. The van der Waals surface area contributed by atoms with Crippen molar-refractivity contribution in [2.24, 2.45) is 0 Å². The van der Waals surface area contributed by atoms with Crippen molar-refractivity contribution in [1.29, 1.82) is 0 Å². The number of ether oxygens (including phenoxy) is 2. The molecular weight excluding hydrogens is 408 g/mol. The Kier molecular flexibility index (Phi) is 5.83. The lowest BCUT2D eigenvalue weighted by atomic mass is 10.1. The zero-order valence-electron chi connectivity index (χ0n) is 18.1. The molecule has 0 radical (unpaired) electrons. The highest BCUT2D eigenvalue weighted by Gasteiger charge is 2.27. The highest BCUT2D eigenvalue weighted by Crippen LogP contribution is 2.28. The predicted molar refractivity (Wildman–Crippen MR) is 116 cm³/mol. The SMILES string of the molecule is COc1ccc(C2Cn3nnc(CN4CCN(C(=O)c5ccncc5)CC4)c3CO2)cc1. The Morgan fingerprint density at radius 2 is 1.84 bits per heavy atom. The quantitative estimate of drug-likeness (QED) is 0.606. The summed E-state index contributed by atoms with van der Waals surface area (Å²) in [5, 5.41) is 8.81. The lowest BCUT2D eigenvalue weighted by Crippen LogP contribution is -2.48. The second-order valence-corrected chi connectivity index (χ2v) is 8.04. The van der Waals surface area contributed by atoms with Gasteiger partial charge in [-0.1, -0.05) is 17.3 Å². The van der Waals surface area contributed by atoms with E-state index in [1.807, 2.05) is 33.8 Å². The first kappa shape index (κ1) is 20.6. The van der Waals surface area contributed by atoms with Gasteiger partial charge < -0.3 is 14.4 Å². The summed E-state index contributed by atoms with van der Waals surface area (Å²) in [6, 6.07) is 11.5. The van der Waals surface area contributed by atoms with Crippen molar-refractivity contribution in [2.45, 2.75) is 25.8 Å². The van der Waals surface area contributed by atoms with Crippen molar-refractivity contribution in [2.75, 3.05) is 33.3 Å². The average Bonchev–Trinajstić information content (AvgIpc) is 3.26. The summed E-state index contributed by atoms with van der Waals surface area (Å²) in [7, 11) is 1.66. The standard InChI is InChI=1S/C23H26N6O3/c1-31-19-4-2-17(3-5-19)22-15-29-21(16-32-22)20(25-26-29)14-27-10-12-28(13-11-27)23(30)18-6-8-24-9-7-18/h2-9,22H,10-16H2,1H3. The molecule has 1 fully saturated rings. The Morgan fingerprint density at radius 1 is 1.09 bits per heavy atom. The molecule has 2 aliphatic heterocycles. The van der Waals surface area contributed by atoms with E-state index in [0.717, 1.165) is 35.8 Å². The fourth-order valence-corrected chi connectivity index (χ4v) is 4.20. The monoisotopic (exact) mass is 434 g/mol. The minimum atomic E-state index is -0.0503. The molecule has 0 saturated carbocycles. The molecular formula is C23H26N6O3. The van der Waals surface area contributed by atoms with Crippen molar-refractivity contribution < 1.29 is 14.3 Å². The van der Waals surface area contributed by atoms with E-state index < -0.39 is 0 Å². The maximum absolute atomic E-state index is 12.6. The summed E-state index contributed by atoms with van der Waals surface area (Å²) >= 11 is 0. The van der Waals surface area contributed by atoms with Gasteiger partial charge in [0.15, 0.2) is 0 Å². The fourth-order valence-electron chi connectivity index (χ4n) is 4.20. The Labute approximate surface area is 186 Å². The maximum atomic E-state index is 12.6. The van der Waals surface area contributed by atoms with E-state index in [1.165, 1.54) is 0 Å². The average molecular weight is 435 g/mol. The van der Waals surface area contributed by atoms with E-state index in [2.05, 4.69) is 20.2 Å². The van der Waals surface area contributed by atoms with Crippen molar-refractivity contribution >= 4 is 5.91 Å². The van der Waals surface area contributed by atoms with Gasteiger partial charge in [-0.3, -0.25) is 14.7 Å². The molecule has 2 aromatic heterocycles. The largest absolute Gasteiger partial charge is 0.497 e. The Morgan fingerprint density at radius 3 is 2.56 bits per heavy atom. The van der Waals surface area contributed by atoms with Gasteiger partial charge in [0.25, 0.3) is 5.91 Å². The van der Waals surface area contributed by atoms with Crippen molar-refractivity contribution in [1.82, 2.24) is 29.8 Å². The minimum absolute atomic E-state index is 0.0503. The van der Waals surface area contributed by atoms with Crippen LogP contribution in [0.3, 0.4) is 0 Å². The van der Waals surface area contributed by atoms with Gasteiger partial charge in [-0.15, -0.1) is 5.10 Å². The van der Waals surface area contributed by atoms with Crippen LogP contribution in [0.1, 0.15) is 33.4 Å². The second kappa shape index (κ2) is 9.05. The van der Waals surface area contributed by atoms with E-state index in [9.17, 15) is 4.79 Å². The topological polar surface area (TPSA) is 85.6 Å². The number of aromatic nitrogens is 4. The predicted octanol–water partition coefficient (Wildman–Crippen LogP) is 1.91. The van der Waals surface area contributed by atoms with Crippen LogP contribution >= 0.6 is 0 Å². The van der Waals surface area contributed by atoms with Gasteiger partial charge in [0, 0.05) is 50.7 Å². The number of piperazine rings is 1. The molecule has 9 nitrogen and oxygen atoms in total. The van der Waals surface area contributed by atoms with Crippen molar-refractivity contribution in [3.05, 3.63) is 71.3 Å². The van der Waals surface area contributed by atoms with Gasteiger partial charge in [-0.25, -0.2) is 4.68 Å². The van der Waals surface area contributed by atoms with Crippen LogP contribution in [0.4, 0.5) is 0 Å². The van der Waals surface area contributed by atoms with Crippen LogP contribution in [0.15, 0.2) is 48.8 Å². The minimum Gasteiger partial charge on any atom is -0.497 e. The summed E-state index contributed by atoms with van der Waals surface area (Å²) in [6.45, 7) is 4.84. The number of amides is 1. The van der Waals surface area contributed by atoms with Crippen LogP contribution in [0, 0.1) is 0 Å². The van der Waals surface area contributed by atoms with E-state index in [4.69, 9.17) is 9.47 Å². The smallest absolute Gasteiger partial charge is 0.254 e. The Hall–Kier alpha value is -3.30. The third-order valence-corrected chi connectivity index (χ3v) is 6.13. The first-order valence-electron chi connectivity index (χ1n) is 10.8. The molecule has 3 aromatic rings. The molecule has 1 aromatic carbocycles. The highest BCUT2D eigenvalue weighted by molar-refractivity contribution is 5.94. The number of rotatable bonds is 5. The number of pyridine rings is 1. The summed E-state index contributed by atoms with van der Waals surface area (Å²) in [5.41, 5.74) is 3.77. The summed E-state index contributed by atoms with van der Waals surface area (Å²) in [6.07, 6.45) is 3.25. The second-order valence-electron chi connectivity index (χ2n) is 8.04. The van der Waals surface area contributed by atoms with Crippen LogP contribution < -0.4 is 4.74 Å². The van der Waals surface area contributed by atoms with E-state index in [1.54, 1.807) is 31.6 Å². The van der Waals surface area contributed by atoms with E-state index >= 15 is 0 Å². The van der Waals surface area contributed by atoms with Crippen molar-refractivity contribution in [3.8, 4) is 5.75 Å². The molecule has 9 heteroatoms. The number of carbonyl (C=O) groups excluding carboxylic acids is 1. The van der Waals surface area contributed by atoms with Gasteiger partial charge >= 0.3 is 0 Å². The molecule has 1 amide bonds. The molecule has 2 aliphatic rings. The number of carbonyl (C=O) groups is 1. The number of hydrogen-bond acceptors (Lipinski definition) is 7. The molecule has 1 atom stereocenters. The fraction of sp³-hybridized carbons (Fsp3) is 0.391. The molecule has 0 bridgehead atoms. The van der Waals surface area contributed by atoms with Crippen LogP contribution in [0.2, 0.25) is 0 Å². The van der Waals surface area contributed by atoms with Gasteiger partial charge in [-0.2, -0.15) is 0 Å². The molecule has 166 valence electrons. The highest BCUT2D eigenvalue weighted by atomic mass is 16.5. The first-order chi connectivity index (χ1) is 15.7. The molecule has 0 aliphatic carbocycles. The number of fused-ring (bicyclic) bond motifs is 1. The third-order valence-electron chi connectivity index (χ3n) is 6.13. The van der Waals surface area contributed by atoms with Gasteiger partial charge in [0.05, 0.1) is 26.0 Å². The molecule has 0 N–H and O–H groups in total. The normalized spacial score (nSPS) is 18.9. The number of benzene rings is 1. The zero-order chi connectivity index (χ0) is 21.9. The number of nitrogens with zero attached hydrogens (tertiary/aromatic N) is 6. The van der Waals surface area contributed by atoms with Crippen molar-refractivity contribution in [3.63, 3.8) is 0 Å². The number of methoxy groups -OCH3 is 1. The van der Waals surface area contributed by atoms with Crippen LogP contribution in [-0.2, 0) is 24.4 Å². The molecule has 32 heavy (non-hydrogen) atoms. The molecule has 4 heterocycles. The summed E-state index contributed by atoms with van der Waals surface area (Å²) < 4.78 is 13.3. The third kappa shape index (κ3) is 4.21. The van der Waals surface area contributed by atoms with Gasteiger partial charge in [-0.05, 0) is 29.8 Å². The molecule has 1 unspecified atom stereocenters. The Bertz CT molecular complexity index is 1060. The first-order valence-corrected chi connectivity index (χ1v) is 10.8. The molecule has 0 spiro atoms. The maximum Gasteiger partial charge on any atom is 0.254 e. The van der Waals surface area contributed by atoms with E-state index in [-0.39, 0.29) is 12.0 Å².